The molecular formula is C28H32N6O3. The van der Waals surface area contributed by atoms with Crippen LogP contribution in [0.5, 0.6) is 0 Å². The monoisotopic (exact) mass is 500 g/mol. The molecule has 192 valence electrons. The van der Waals surface area contributed by atoms with Crippen molar-refractivity contribution in [2.75, 3.05) is 17.7 Å². The van der Waals surface area contributed by atoms with Gasteiger partial charge in [-0.15, -0.1) is 0 Å². The first-order chi connectivity index (χ1) is 17.7. The number of anilines is 2. The van der Waals surface area contributed by atoms with Crippen LogP contribution >= 0.6 is 0 Å². The van der Waals surface area contributed by atoms with Crippen molar-refractivity contribution in [3.63, 3.8) is 0 Å². The van der Waals surface area contributed by atoms with Crippen LogP contribution in [0.4, 0.5) is 16.3 Å². The van der Waals surface area contributed by atoms with Gasteiger partial charge >= 0.3 is 6.03 Å². The normalized spacial score (nSPS) is 17.6. The summed E-state index contributed by atoms with van der Waals surface area (Å²) >= 11 is 0. The van der Waals surface area contributed by atoms with E-state index in [0.29, 0.717) is 17.9 Å². The molecule has 9 heteroatoms. The molecule has 1 aromatic carbocycles. The summed E-state index contributed by atoms with van der Waals surface area (Å²) in [5.74, 6) is -1.11. The Kier molecular flexibility index (Phi) is 7.52. The molecule has 1 aliphatic heterocycles. The number of benzene rings is 1. The first kappa shape index (κ1) is 25.8. The fraction of sp³-hybridized carbons (Fsp3) is 0.321. The maximum absolute atomic E-state index is 13.7. The third kappa shape index (κ3) is 5.45. The number of nitrogens with one attached hydrogen (secondary N) is 1. The standard InChI is InChI=1S/C28H32N6O3/c1-5-23(20-8-6-7-17(2)13-20)32-28(37)34-25(27(36)33(4)21-9-11-30-12-10-21)22(26(34)35)15-19-14-18(3)31-24(29)16-19/h6-14,16,22-23,25H,5,15H2,1-4H3,(H2,29,31)(H,32,37)/t22-,23-,25+/m1/s1. The van der Waals surface area contributed by atoms with Gasteiger partial charge in [0.25, 0.3) is 5.91 Å². The summed E-state index contributed by atoms with van der Waals surface area (Å²) in [6.45, 7) is 5.76. The van der Waals surface area contributed by atoms with Crippen LogP contribution < -0.4 is 16.0 Å². The molecule has 3 heterocycles. The summed E-state index contributed by atoms with van der Waals surface area (Å²) < 4.78 is 0. The Morgan fingerprint density at radius 1 is 1.14 bits per heavy atom. The van der Waals surface area contributed by atoms with Gasteiger partial charge in [-0.3, -0.25) is 19.5 Å². The SMILES string of the molecule is CC[C@@H](NC(=O)N1C(=O)[C@H](Cc2cc(C)nc(N)c2)[C@H]1C(=O)N(C)c1ccncc1)c1cccc(C)c1. The quantitative estimate of drug-likeness (QED) is 0.479. The number of amides is 4. The van der Waals surface area contributed by atoms with Crippen LogP contribution in [0.3, 0.4) is 0 Å². The number of nitrogen functional groups attached to an aromatic ring is 1. The topological polar surface area (TPSA) is 122 Å². The molecule has 4 rings (SSSR count). The summed E-state index contributed by atoms with van der Waals surface area (Å²) in [4.78, 5) is 51.2. The van der Waals surface area contributed by atoms with Crippen LogP contribution in [0, 0.1) is 19.8 Å². The molecule has 3 aromatic rings. The summed E-state index contributed by atoms with van der Waals surface area (Å²) in [5.41, 5.74) is 10.1. The predicted molar refractivity (Wildman–Crippen MR) is 142 cm³/mol. The number of nitrogens with two attached hydrogens (primary N) is 1. The number of likely N-dealkylation sites (tertiary alicyclic amines) is 1. The highest BCUT2D eigenvalue weighted by Gasteiger charge is 2.55. The van der Waals surface area contributed by atoms with Crippen molar-refractivity contribution in [2.24, 2.45) is 5.92 Å². The van der Waals surface area contributed by atoms with Crippen LogP contribution in [-0.2, 0) is 16.0 Å². The van der Waals surface area contributed by atoms with E-state index >= 15 is 0 Å². The number of aryl methyl sites for hydroxylation is 2. The molecule has 3 atom stereocenters. The smallest absolute Gasteiger partial charge is 0.325 e. The lowest BCUT2D eigenvalue weighted by atomic mass is 9.81. The van der Waals surface area contributed by atoms with Gasteiger partial charge in [-0.2, -0.15) is 0 Å². The van der Waals surface area contributed by atoms with Crippen LogP contribution in [0.25, 0.3) is 0 Å². The molecule has 0 bridgehead atoms. The Morgan fingerprint density at radius 2 is 1.86 bits per heavy atom. The molecule has 3 N–H and O–H groups in total. The Bertz CT molecular complexity index is 1290. The molecule has 0 aliphatic carbocycles. The first-order valence-corrected chi connectivity index (χ1v) is 12.3. The third-order valence-corrected chi connectivity index (χ3v) is 6.71. The van der Waals surface area contributed by atoms with Crippen molar-refractivity contribution in [1.82, 2.24) is 20.2 Å². The van der Waals surface area contributed by atoms with Crippen LogP contribution in [-0.4, -0.2) is 45.8 Å². The number of aromatic nitrogens is 2. The Labute approximate surface area is 216 Å². The fourth-order valence-corrected chi connectivity index (χ4v) is 4.82. The van der Waals surface area contributed by atoms with Crippen LogP contribution in [0.15, 0.2) is 60.9 Å². The van der Waals surface area contributed by atoms with Gasteiger partial charge in [-0.05, 0) is 62.1 Å². The third-order valence-electron chi connectivity index (χ3n) is 6.71. The second-order valence-electron chi connectivity index (χ2n) is 9.43. The van der Waals surface area contributed by atoms with Crippen LogP contribution in [0.1, 0.15) is 41.8 Å². The predicted octanol–water partition coefficient (Wildman–Crippen LogP) is 3.57. The van der Waals surface area contributed by atoms with E-state index in [1.165, 1.54) is 4.90 Å². The number of β-lactam (4-membered cyclic amide) rings is 1. The number of carbonyl (C=O) groups excluding carboxylic acids is 3. The van der Waals surface area contributed by atoms with Crippen molar-refractivity contribution in [3.05, 3.63) is 83.3 Å². The van der Waals surface area contributed by atoms with Crippen molar-refractivity contribution in [3.8, 4) is 0 Å². The van der Waals surface area contributed by atoms with E-state index in [-0.39, 0.29) is 18.4 Å². The van der Waals surface area contributed by atoms with Crippen molar-refractivity contribution in [2.45, 2.75) is 45.7 Å². The number of imide groups is 1. The highest BCUT2D eigenvalue weighted by molar-refractivity contribution is 6.12. The number of rotatable bonds is 7. The minimum absolute atomic E-state index is 0.270. The molecule has 2 aromatic heterocycles. The Hall–Kier alpha value is -4.27. The number of urea groups is 1. The fourth-order valence-electron chi connectivity index (χ4n) is 4.82. The Balaban J connectivity index is 1.61. The van der Waals surface area contributed by atoms with E-state index in [1.807, 2.05) is 51.1 Å². The molecule has 37 heavy (non-hydrogen) atoms. The number of nitrogens with zero attached hydrogens (tertiary/aromatic N) is 4. The highest BCUT2D eigenvalue weighted by Crippen LogP contribution is 2.33. The van der Waals surface area contributed by atoms with Gasteiger partial charge in [0.2, 0.25) is 5.91 Å². The number of likely N-dealkylation sites (N-methyl/N-ethyl adjacent to an activating group) is 1. The van der Waals surface area contributed by atoms with Gasteiger partial charge in [0.15, 0.2) is 0 Å². The number of hydrogen-bond acceptors (Lipinski definition) is 6. The van der Waals surface area contributed by atoms with Gasteiger partial charge in [-0.25, -0.2) is 9.78 Å². The lowest BCUT2D eigenvalue weighted by Gasteiger charge is -2.46. The molecule has 0 unspecified atom stereocenters. The number of carbonyl (C=O) groups is 3. The van der Waals surface area contributed by atoms with Gasteiger partial charge in [0, 0.05) is 30.8 Å². The molecule has 0 spiro atoms. The van der Waals surface area contributed by atoms with Crippen molar-refractivity contribution < 1.29 is 14.4 Å². The molecule has 0 saturated carbocycles. The maximum Gasteiger partial charge on any atom is 0.325 e. The zero-order chi connectivity index (χ0) is 26.7. The van der Waals surface area contributed by atoms with E-state index in [1.54, 1.807) is 37.6 Å². The summed E-state index contributed by atoms with van der Waals surface area (Å²) in [5, 5.41) is 2.96. The van der Waals surface area contributed by atoms with Crippen molar-refractivity contribution in [1.29, 1.82) is 0 Å². The maximum atomic E-state index is 13.7. The molecular weight excluding hydrogens is 468 g/mol. The zero-order valence-electron chi connectivity index (χ0n) is 21.5. The Morgan fingerprint density at radius 3 is 2.51 bits per heavy atom. The van der Waals surface area contributed by atoms with Gasteiger partial charge in [0.1, 0.15) is 11.9 Å². The second kappa shape index (κ2) is 10.8. The van der Waals surface area contributed by atoms with Crippen LogP contribution in [0.2, 0.25) is 0 Å². The van der Waals surface area contributed by atoms with E-state index in [9.17, 15) is 14.4 Å². The lowest BCUT2D eigenvalue weighted by Crippen LogP contribution is -2.70. The van der Waals surface area contributed by atoms with E-state index in [4.69, 9.17) is 5.73 Å². The summed E-state index contributed by atoms with van der Waals surface area (Å²) in [7, 11) is 1.63. The average molecular weight is 501 g/mol. The minimum atomic E-state index is -0.963. The zero-order valence-corrected chi connectivity index (χ0v) is 21.5. The molecule has 1 fully saturated rings. The summed E-state index contributed by atoms with van der Waals surface area (Å²) in [6.07, 6.45) is 4.07. The molecule has 1 saturated heterocycles. The first-order valence-electron chi connectivity index (χ1n) is 12.3. The molecule has 4 amide bonds. The van der Waals surface area contributed by atoms with Gasteiger partial charge < -0.3 is 16.0 Å². The van der Waals surface area contributed by atoms with E-state index in [2.05, 4.69) is 15.3 Å². The minimum Gasteiger partial charge on any atom is -0.384 e. The average Bonchev–Trinajstić information content (AvgIpc) is 2.87. The van der Waals surface area contributed by atoms with Gasteiger partial charge in [0.05, 0.1) is 12.0 Å². The second-order valence-corrected chi connectivity index (χ2v) is 9.43. The largest absolute Gasteiger partial charge is 0.384 e. The van der Waals surface area contributed by atoms with E-state index < -0.39 is 23.9 Å². The summed E-state index contributed by atoms with van der Waals surface area (Å²) in [6, 6.07) is 13.0. The lowest BCUT2D eigenvalue weighted by molar-refractivity contribution is -0.156. The van der Waals surface area contributed by atoms with Crippen molar-refractivity contribution >= 4 is 29.4 Å². The molecule has 1 aliphatic rings. The number of hydrogen-bond donors (Lipinski definition) is 2. The van der Waals surface area contributed by atoms with Gasteiger partial charge in [-0.1, -0.05) is 36.8 Å². The number of pyridine rings is 2. The van der Waals surface area contributed by atoms with E-state index in [0.717, 1.165) is 27.3 Å². The highest BCUT2D eigenvalue weighted by atomic mass is 16.2. The molecule has 9 nitrogen and oxygen atoms in total. The molecule has 0 radical (unpaired) electrons.